The van der Waals surface area contributed by atoms with Gasteiger partial charge in [0.2, 0.25) is 11.8 Å². The van der Waals surface area contributed by atoms with E-state index >= 15 is 0 Å². The fourth-order valence-corrected chi connectivity index (χ4v) is 2.90. The van der Waals surface area contributed by atoms with Crippen LogP contribution < -0.4 is 5.32 Å². The Labute approximate surface area is 145 Å². The van der Waals surface area contributed by atoms with Gasteiger partial charge in [-0.3, -0.25) is 14.5 Å². The molecule has 1 saturated heterocycles. The topological polar surface area (TPSA) is 52.7 Å². The van der Waals surface area contributed by atoms with Gasteiger partial charge in [0.05, 0.1) is 6.04 Å². The molecule has 132 valence electrons. The van der Waals surface area contributed by atoms with Gasteiger partial charge in [0, 0.05) is 38.6 Å². The van der Waals surface area contributed by atoms with E-state index in [9.17, 15) is 9.59 Å². The molecule has 1 unspecified atom stereocenters. The third-order valence-electron chi connectivity index (χ3n) is 4.63. The molecule has 1 aliphatic heterocycles. The van der Waals surface area contributed by atoms with Crippen LogP contribution in [0.15, 0.2) is 24.3 Å². The fraction of sp³-hybridized carbons (Fsp3) is 0.579. The first-order valence-corrected chi connectivity index (χ1v) is 8.74. The van der Waals surface area contributed by atoms with Crippen LogP contribution in [0.1, 0.15) is 31.9 Å². The molecule has 2 amide bonds. The van der Waals surface area contributed by atoms with Gasteiger partial charge in [0.1, 0.15) is 0 Å². The Hall–Kier alpha value is -1.88. The number of rotatable bonds is 5. The summed E-state index contributed by atoms with van der Waals surface area (Å²) in [5, 5.41) is 3.01. The van der Waals surface area contributed by atoms with E-state index in [1.54, 1.807) is 0 Å². The SMILES string of the molecule is Cc1ccc(CNC(=O)C(C)N2CCN(C(=O)C(C)C)CC2)cc1. The molecule has 0 aromatic heterocycles. The van der Waals surface area contributed by atoms with E-state index in [1.165, 1.54) is 5.56 Å². The molecule has 1 aromatic rings. The molecule has 24 heavy (non-hydrogen) atoms. The number of carbonyl (C=O) groups is 2. The molecule has 0 bridgehead atoms. The number of amides is 2. The minimum absolute atomic E-state index is 0.0341. The molecular weight excluding hydrogens is 302 g/mol. The lowest BCUT2D eigenvalue weighted by Crippen LogP contribution is -2.55. The molecule has 1 aromatic carbocycles. The van der Waals surface area contributed by atoms with Crippen molar-refractivity contribution in [2.45, 2.75) is 40.3 Å². The average Bonchev–Trinajstić information content (AvgIpc) is 2.59. The summed E-state index contributed by atoms with van der Waals surface area (Å²) >= 11 is 0. The van der Waals surface area contributed by atoms with Crippen molar-refractivity contribution in [1.82, 2.24) is 15.1 Å². The zero-order valence-corrected chi connectivity index (χ0v) is 15.2. The van der Waals surface area contributed by atoms with Crippen molar-refractivity contribution >= 4 is 11.8 Å². The van der Waals surface area contributed by atoms with E-state index in [0.717, 1.165) is 18.7 Å². The van der Waals surface area contributed by atoms with Crippen LogP contribution in [-0.4, -0.2) is 53.8 Å². The number of hydrogen-bond donors (Lipinski definition) is 1. The molecule has 1 atom stereocenters. The minimum Gasteiger partial charge on any atom is -0.351 e. The lowest BCUT2D eigenvalue weighted by molar-refractivity contribution is -0.137. The molecule has 1 N–H and O–H groups in total. The molecule has 5 heteroatoms. The van der Waals surface area contributed by atoms with Crippen LogP contribution in [0, 0.1) is 12.8 Å². The highest BCUT2D eigenvalue weighted by molar-refractivity contribution is 5.81. The van der Waals surface area contributed by atoms with E-state index in [1.807, 2.05) is 44.7 Å². The lowest BCUT2D eigenvalue weighted by atomic mass is 10.1. The summed E-state index contributed by atoms with van der Waals surface area (Å²) in [7, 11) is 0. The van der Waals surface area contributed by atoms with Gasteiger partial charge >= 0.3 is 0 Å². The van der Waals surface area contributed by atoms with Gasteiger partial charge in [-0.25, -0.2) is 0 Å². The largest absolute Gasteiger partial charge is 0.351 e. The molecule has 2 rings (SSSR count). The van der Waals surface area contributed by atoms with Gasteiger partial charge in [-0.05, 0) is 19.4 Å². The Balaban J connectivity index is 1.79. The van der Waals surface area contributed by atoms with E-state index in [4.69, 9.17) is 0 Å². The van der Waals surface area contributed by atoms with E-state index in [-0.39, 0.29) is 23.8 Å². The third kappa shape index (κ3) is 4.81. The van der Waals surface area contributed by atoms with Crippen LogP contribution in [0.2, 0.25) is 0 Å². The predicted molar refractivity (Wildman–Crippen MR) is 95.5 cm³/mol. The third-order valence-corrected chi connectivity index (χ3v) is 4.63. The Morgan fingerprint density at radius 1 is 1.04 bits per heavy atom. The van der Waals surface area contributed by atoms with Gasteiger partial charge in [-0.2, -0.15) is 0 Å². The Kier molecular flexibility index (Phi) is 6.37. The molecule has 0 saturated carbocycles. The van der Waals surface area contributed by atoms with Crippen molar-refractivity contribution in [2.24, 2.45) is 5.92 Å². The van der Waals surface area contributed by atoms with Gasteiger partial charge in [0.25, 0.3) is 0 Å². The molecule has 0 aliphatic carbocycles. The Morgan fingerprint density at radius 3 is 2.17 bits per heavy atom. The summed E-state index contributed by atoms with van der Waals surface area (Å²) in [6.45, 7) is 11.3. The van der Waals surface area contributed by atoms with Crippen LogP contribution in [0.5, 0.6) is 0 Å². The first-order valence-electron chi connectivity index (χ1n) is 8.74. The second kappa shape index (κ2) is 8.29. The summed E-state index contributed by atoms with van der Waals surface area (Å²) in [5.74, 6) is 0.275. The average molecular weight is 331 g/mol. The number of piperazine rings is 1. The maximum atomic E-state index is 12.4. The van der Waals surface area contributed by atoms with E-state index < -0.39 is 0 Å². The van der Waals surface area contributed by atoms with E-state index in [2.05, 4.69) is 22.3 Å². The number of carbonyl (C=O) groups excluding carboxylic acids is 2. The minimum atomic E-state index is -0.174. The smallest absolute Gasteiger partial charge is 0.237 e. The number of nitrogens with one attached hydrogen (secondary N) is 1. The molecule has 0 spiro atoms. The number of benzene rings is 1. The summed E-state index contributed by atoms with van der Waals surface area (Å²) < 4.78 is 0. The van der Waals surface area contributed by atoms with Gasteiger partial charge in [0.15, 0.2) is 0 Å². The zero-order chi connectivity index (χ0) is 17.7. The Morgan fingerprint density at radius 2 is 1.62 bits per heavy atom. The first-order chi connectivity index (χ1) is 11.4. The molecule has 1 heterocycles. The summed E-state index contributed by atoms with van der Waals surface area (Å²) in [6.07, 6.45) is 0. The summed E-state index contributed by atoms with van der Waals surface area (Å²) in [6, 6.07) is 8.01. The zero-order valence-electron chi connectivity index (χ0n) is 15.2. The van der Waals surface area contributed by atoms with E-state index in [0.29, 0.717) is 19.6 Å². The van der Waals surface area contributed by atoms with Crippen molar-refractivity contribution in [1.29, 1.82) is 0 Å². The second-order valence-electron chi connectivity index (χ2n) is 6.90. The number of aryl methyl sites for hydroxylation is 1. The number of nitrogens with zero attached hydrogens (tertiary/aromatic N) is 2. The standard InChI is InChI=1S/C19H29N3O2/c1-14(2)19(24)22-11-9-21(10-12-22)16(4)18(23)20-13-17-7-5-15(3)6-8-17/h5-8,14,16H,9-13H2,1-4H3,(H,20,23). The van der Waals surface area contributed by atoms with Crippen molar-refractivity contribution in [3.8, 4) is 0 Å². The van der Waals surface area contributed by atoms with Crippen molar-refractivity contribution in [3.63, 3.8) is 0 Å². The van der Waals surface area contributed by atoms with Crippen LogP contribution in [-0.2, 0) is 16.1 Å². The summed E-state index contributed by atoms with van der Waals surface area (Å²) in [4.78, 5) is 28.4. The van der Waals surface area contributed by atoms with Crippen molar-refractivity contribution in [2.75, 3.05) is 26.2 Å². The summed E-state index contributed by atoms with van der Waals surface area (Å²) in [5.41, 5.74) is 2.32. The van der Waals surface area contributed by atoms with Crippen molar-refractivity contribution in [3.05, 3.63) is 35.4 Å². The van der Waals surface area contributed by atoms with Crippen LogP contribution in [0.3, 0.4) is 0 Å². The maximum absolute atomic E-state index is 12.4. The first kappa shape index (κ1) is 18.5. The highest BCUT2D eigenvalue weighted by Gasteiger charge is 2.28. The van der Waals surface area contributed by atoms with Gasteiger partial charge in [-0.15, -0.1) is 0 Å². The van der Waals surface area contributed by atoms with Crippen LogP contribution >= 0.6 is 0 Å². The predicted octanol–water partition coefficient (Wildman–Crippen LogP) is 1.80. The van der Waals surface area contributed by atoms with Crippen LogP contribution in [0.4, 0.5) is 0 Å². The molecule has 1 fully saturated rings. The molecule has 5 nitrogen and oxygen atoms in total. The molecule has 0 radical (unpaired) electrons. The number of hydrogen-bond acceptors (Lipinski definition) is 3. The second-order valence-corrected chi connectivity index (χ2v) is 6.90. The maximum Gasteiger partial charge on any atom is 0.237 e. The highest BCUT2D eigenvalue weighted by Crippen LogP contribution is 2.10. The highest BCUT2D eigenvalue weighted by atomic mass is 16.2. The van der Waals surface area contributed by atoms with Crippen LogP contribution in [0.25, 0.3) is 0 Å². The fourth-order valence-electron chi connectivity index (χ4n) is 2.90. The Bertz CT molecular complexity index is 560. The quantitative estimate of drug-likeness (QED) is 0.895. The van der Waals surface area contributed by atoms with Gasteiger partial charge < -0.3 is 10.2 Å². The van der Waals surface area contributed by atoms with Crippen molar-refractivity contribution < 1.29 is 9.59 Å². The van der Waals surface area contributed by atoms with Gasteiger partial charge in [-0.1, -0.05) is 43.7 Å². The normalized spacial score (nSPS) is 17.0. The molecule has 1 aliphatic rings. The monoisotopic (exact) mass is 331 g/mol. The lowest BCUT2D eigenvalue weighted by Gasteiger charge is -2.38. The molecular formula is C19H29N3O2.